The first-order valence-corrected chi connectivity index (χ1v) is 7.86. The lowest BCUT2D eigenvalue weighted by molar-refractivity contribution is -0.122. The van der Waals surface area contributed by atoms with Crippen molar-refractivity contribution in [2.45, 2.75) is 51.1 Å². The second-order valence-corrected chi connectivity index (χ2v) is 5.83. The van der Waals surface area contributed by atoms with Crippen LogP contribution in [-0.4, -0.2) is 26.9 Å². The monoisotopic (exact) mass is 300 g/mol. The van der Waals surface area contributed by atoms with Gasteiger partial charge < -0.3 is 5.32 Å². The number of amides is 1. The molecule has 1 aliphatic carbocycles. The van der Waals surface area contributed by atoms with E-state index in [-0.39, 0.29) is 24.1 Å². The third-order valence-electron chi connectivity index (χ3n) is 4.14. The summed E-state index contributed by atoms with van der Waals surface area (Å²) in [6.45, 7) is -0.0762. The van der Waals surface area contributed by atoms with Gasteiger partial charge in [-0.1, -0.05) is 43.0 Å². The number of benzene rings is 1. The van der Waals surface area contributed by atoms with Crippen molar-refractivity contribution in [1.82, 2.24) is 20.3 Å². The Morgan fingerprint density at radius 2 is 1.91 bits per heavy atom. The Hall–Kier alpha value is -2.24. The molecule has 1 aromatic carbocycles. The number of rotatable bonds is 3. The molecule has 1 saturated carbocycles. The van der Waals surface area contributed by atoms with E-state index in [1.807, 2.05) is 0 Å². The molecule has 0 radical (unpaired) electrons. The molecule has 0 saturated heterocycles. The number of hydrogen-bond acceptors (Lipinski definition) is 4. The number of aromatic nitrogens is 3. The molecule has 0 bridgehead atoms. The van der Waals surface area contributed by atoms with Crippen LogP contribution < -0.4 is 10.9 Å². The van der Waals surface area contributed by atoms with Gasteiger partial charge in [0, 0.05) is 6.04 Å². The molecule has 1 N–H and O–H groups in total. The molecule has 116 valence electrons. The highest BCUT2D eigenvalue weighted by atomic mass is 16.2. The van der Waals surface area contributed by atoms with Crippen molar-refractivity contribution in [1.29, 1.82) is 0 Å². The van der Waals surface area contributed by atoms with Crippen molar-refractivity contribution < 1.29 is 4.79 Å². The fourth-order valence-corrected chi connectivity index (χ4v) is 2.96. The minimum Gasteiger partial charge on any atom is -0.352 e. The van der Waals surface area contributed by atoms with E-state index in [1.54, 1.807) is 24.3 Å². The quantitative estimate of drug-likeness (QED) is 0.874. The Morgan fingerprint density at radius 1 is 1.18 bits per heavy atom. The van der Waals surface area contributed by atoms with E-state index in [0.29, 0.717) is 10.9 Å². The largest absolute Gasteiger partial charge is 0.352 e. The van der Waals surface area contributed by atoms with E-state index in [0.717, 1.165) is 30.4 Å². The van der Waals surface area contributed by atoms with Crippen molar-refractivity contribution in [3.63, 3.8) is 0 Å². The second-order valence-electron chi connectivity index (χ2n) is 5.83. The van der Waals surface area contributed by atoms with Gasteiger partial charge in [0.1, 0.15) is 12.1 Å². The molecule has 6 heteroatoms. The molecule has 0 unspecified atom stereocenters. The predicted molar refractivity (Wildman–Crippen MR) is 83.4 cm³/mol. The van der Waals surface area contributed by atoms with Crippen LogP contribution >= 0.6 is 0 Å². The van der Waals surface area contributed by atoms with Crippen LogP contribution in [0.2, 0.25) is 0 Å². The lowest BCUT2D eigenvalue weighted by Gasteiger charge is -2.16. The van der Waals surface area contributed by atoms with E-state index in [9.17, 15) is 9.59 Å². The van der Waals surface area contributed by atoms with E-state index < -0.39 is 0 Å². The summed E-state index contributed by atoms with van der Waals surface area (Å²) < 4.78 is 1.13. The highest BCUT2D eigenvalue weighted by Crippen LogP contribution is 2.17. The van der Waals surface area contributed by atoms with Gasteiger partial charge >= 0.3 is 0 Å². The molecule has 1 fully saturated rings. The summed E-state index contributed by atoms with van der Waals surface area (Å²) in [5.74, 6) is -0.168. The summed E-state index contributed by atoms with van der Waals surface area (Å²) in [6.07, 6.45) is 6.82. The molecule has 1 amide bonds. The Kier molecular flexibility index (Phi) is 4.46. The molecule has 1 aliphatic rings. The van der Waals surface area contributed by atoms with Gasteiger partial charge in [0.05, 0.1) is 5.39 Å². The van der Waals surface area contributed by atoms with Crippen molar-refractivity contribution in [2.24, 2.45) is 0 Å². The van der Waals surface area contributed by atoms with Crippen LogP contribution in [0.1, 0.15) is 38.5 Å². The van der Waals surface area contributed by atoms with Crippen LogP contribution in [0.25, 0.3) is 10.9 Å². The van der Waals surface area contributed by atoms with E-state index >= 15 is 0 Å². The highest BCUT2D eigenvalue weighted by molar-refractivity contribution is 5.78. The number of carbonyl (C=O) groups is 1. The van der Waals surface area contributed by atoms with Crippen LogP contribution in [0.3, 0.4) is 0 Å². The molecule has 22 heavy (non-hydrogen) atoms. The van der Waals surface area contributed by atoms with E-state index in [4.69, 9.17) is 0 Å². The van der Waals surface area contributed by atoms with Crippen molar-refractivity contribution in [2.75, 3.05) is 0 Å². The van der Waals surface area contributed by atoms with Gasteiger partial charge in [-0.15, -0.1) is 5.10 Å². The summed E-state index contributed by atoms with van der Waals surface area (Å²) in [6, 6.07) is 7.24. The van der Waals surface area contributed by atoms with Crippen molar-refractivity contribution in [3.05, 3.63) is 34.6 Å². The van der Waals surface area contributed by atoms with Crippen molar-refractivity contribution in [3.8, 4) is 0 Å². The van der Waals surface area contributed by atoms with E-state index in [2.05, 4.69) is 15.6 Å². The molecule has 0 atom stereocenters. The molecule has 0 spiro atoms. The fourth-order valence-electron chi connectivity index (χ4n) is 2.96. The summed E-state index contributed by atoms with van der Waals surface area (Å²) in [5.41, 5.74) is 0.273. The number of nitrogens with zero attached hydrogens (tertiary/aromatic N) is 3. The van der Waals surface area contributed by atoms with Gasteiger partial charge in [0.15, 0.2) is 0 Å². The third-order valence-corrected chi connectivity index (χ3v) is 4.14. The van der Waals surface area contributed by atoms with Crippen LogP contribution in [0.15, 0.2) is 29.1 Å². The molecule has 3 rings (SSSR count). The summed E-state index contributed by atoms with van der Waals surface area (Å²) in [5, 5.41) is 11.3. The lowest BCUT2D eigenvalue weighted by Crippen LogP contribution is -2.39. The zero-order valence-electron chi connectivity index (χ0n) is 12.5. The normalized spacial score (nSPS) is 16.4. The third kappa shape index (κ3) is 3.32. The van der Waals surface area contributed by atoms with Crippen LogP contribution in [0, 0.1) is 0 Å². The molecule has 1 heterocycles. The smallest absolute Gasteiger partial charge is 0.278 e. The Morgan fingerprint density at radius 3 is 2.68 bits per heavy atom. The summed E-state index contributed by atoms with van der Waals surface area (Å²) >= 11 is 0. The Balaban J connectivity index is 1.71. The first-order chi connectivity index (χ1) is 10.7. The maximum atomic E-state index is 12.3. The number of hydrogen-bond donors (Lipinski definition) is 1. The minimum atomic E-state index is -0.276. The highest BCUT2D eigenvalue weighted by Gasteiger charge is 2.16. The molecule has 0 aliphatic heterocycles. The molecular weight excluding hydrogens is 280 g/mol. The fraction of sp³-hybridized carbons (Fsp3) is 0.500. The Labute approximate surface area is 128 Å². The first-order valence-electron chi connectivity index (χ1n) is 7.86. The van der Waals surface area contributed by atoms with Gasteiger partial charge in [-0.25, -0.2) is 4.68 Å². The zero-order chi connectivity index (χ0) is 15.4. The summed E-state index contributed by atoms with van der Waals surface area (Å²) in [4.78, 5) is 24.4. The average molecular weight is 300 g/mol. The second kappa shape index (κ2) is 6.68. The molecular formula is C16H20N4O2. The van der Waals surface area contributed by atoms with Gasteiger partial charge in [0.2, 0.25) is 5.91 Å². The molecule has 6 nitrogen and oxygen atoms in total. The zero-order valence-corrected chi connectivity index (χ0v) is 12.5. The van der Waals surface area contributed by atoms with Gasteiger partial charge in [-0.05, 0) is 25.0 Å². The van der Waals surface area contributed by atoms with Crippen LogP contribution in [0.4, 0.5) is 0 Å². The lowest BCUT2D eigenvalue weighted by atomic mass is 10.1. The number of nitrogens with one attached hydrogen (secondary N) is 1. The standard InChI is InChI=1S/C16H20N4O2/c21-15(17-12-7-3-1-2-4-8-12)11-20-16(22)13-9-5-6-10-14(13)18-19-20/h5-6,9-10,12H,1-4,7-8,11H2,(H,17,21). The van der Waals surface area contributed by atoms with Crippen LogP contribution in [-0.2, 0) is 11.3 Å². The average Bonchev–Trinajstić information content (AvgIpc) is 2.79. The Bertz CT molecular complexity index is 717. The predicted octanol–water partition coefficient (Wildman–Crippen LogP) is 1.63. The maximum Gasteiger partial charge on any atom is 0.278 e. The molecule has 2 aromatic rings. The van der Waals surface area contributed by atoms with Gasteiger partial charge in [0.25, 0.3) is 5.56 Å². The topological polar surface area (TPSA) is 76.9 Å². The summed E-state index contributed by atoms with van der Waals surface area (Å²) in [7, 11) is 0. The first kappa shape index (κ1) is 14.7. The van der Waals surface area contributed by atoms with E-state index in [1.165, 1.54) is 12.8 Å². The van der Waals surface area contributed by atoms with Crippen LogP contribution in [0.5, 0.6) is 0 Å². The van der Waals surface area contributed by atoms with Gasteiger partial charge in [-0.2, -0.15) is 0 Å². The van der Waals surface area contributed by atoms with Gasteiger partial charge in [-0.3, -0.25) is 9.59 Å². The maximum absolute atomic E-state index is 12.3. The number of fused-ring (bicyclic) bond motifs is 1. The van der Waals surface area contributed by atoms with Crippen molar-refractivity contribution >= 4 is 16.8 Å². The number of carbonyl (C=O) groups excluding carboxylic acids is 1. The SMILES string of the molecule is O=C(Cn1nnc2ccccc2c1=O)NC1CCCCCC1. The molecule has 1 aromatic heterocycles. The minimum absolute atomic E-state index is 0.0762.